The number of nitrogens with zero attached hydrogens (tertiary/aromatic N) is 3. The van der Waals surface area contributed by atoms with Gasteiger partial charge in [-0.3, -0.25) is 4.79 Å². The van der Waals surface area contributed by atoms with Crippen LogP contribution in [-0.4, -0.2) is 40.9 Å². The van der Waals surface area contributed by atoms with E-state index in [1.165, 1.54) is 27.4 Å². The monoisotopic (exact) mass is 359 g/mol. The number of rotatable bonds is 4. The second-order valence-electron chi connectivity index (χ2n) is 7.43. The lowest BCUT2D eigenvalue weighted by Gasteiger charge is -2.12. The maximum absolute atomic E-state index is 12.3. The maximum atomic E-state index is 12.3. The van der Waals surface area contributed by atoms with Crippen LogP contribution in [0.25, 0.3) is 33.3 Å². The van der Waals surface area contributed by atoms with E-state index in [4.69, 9.17) is 4.42 Å². The number of carbonyl (C=O) groups is 1. The lowest BCUT2D eigenvalue weighted by Crippen LogP contribution is -2.18. The zero-order valence-corrected chi connectivity index (χ0v) is 15.5. The summed E-state index contributed by atoms with van der Waals surface area (Å²) in [7, 11) is 4.18. The average Bonchev–Trinajstić information content (AvgIpc) is 3.37. The van der Waals surface area contributed by atoms with Crippen LogP contribution in [-0.2, 0) is 13.0 Å². The second-order valence-corrected chi connectivity index (χ2v) is 7.43. The smallest absolute Gasteiger partial charge is 0.225 e. The summed E-state index contributed by atoms with van der Waals surface area (Å²) in [5.74, 6) is 0.875. The molecule has 0 saturated heterocycles. The van der Waals surface area contributed by atoms with Gasteiger partial charge in [-0.2, -0.15) is 0 Å². The standard InChI is InChI=1S/C22H21N3O2/c1-24(2)10-11-25-18-6-3-14(22-23-9-12-27-22)13-17(18)21-16-5-8-20(26)15(16)4-7-19(21)25/h3-4,6-7,9,12-13H,5,8,10-11H2,1-2H3. The molecule has 0 unspecified atom stereocenters. The van der Waals surface area contributed by atoms with E-state index in [-0.39, 0.29) is 5.78 Å². The Morgan fingerprint density at radius 2 is 2.00 bits per heavy atom. The van der Waals surface area contributed by atoms with Crippen molar-refractivity contribution in [3.8, 4) is 11.5 Å². The topological polar surface area (TPSA) is 51.3 Å². The zero-order chi connectivity index (χ0) is 18.5. The number of hydrogen-bond acceptors (Lipinski definition) is 4. The molecule has 0 amide bonds. The van der Waals surface area contributed by atoms with Crippen molar-refractivity contribution >= 4 is 27.6 Å². The highest BCUT2D eigenvalue weighted by Gasteiger charge is 2.25. The molecule has 0 N–H and O–H groups in total. The molecule has 2 heterocycles. The summed E-state index contributed by atoms with van der Waals surface area (Å²) in [4.78, 5) is 18.8. The van der Waals surface area contributed by atoms with Gasteiger partial charge >= 0.3 is 0 Å². The Kier molecular flexibility index (Phi) is 3.65. The van der Waals surface area contributed by atoms with E-state index in [2.05, 4.69) is 52.8 Å². The van der Waals surface area contributed by atoms with Crippen LogP contribution in [0, 0.1) is 0 Å². The predicted octanol–water partition coefficient (Wildman–Crippen LogP) is 4.14. The highest BCUT2D eigenvalue weighted by Crippen LogP contribution is 2.38. The lowest BCUT2D eigenvalue weighted by atomic mass is 10.0. The second kappa shape index (κ2) is 6.06. The molecular formula is C22H21N3O2. The first-order chi connectivity index (χ1) is 13.1. The van der Waals surface area contributed by atoms with E-state index in [1.54, 1.807) is 12.5 Å². The molecule has 0 fully saturated rings. The average molecular weight is 359 g/mol. The summed E-state index contributed by atoms with van der Waals surface area (Å²) >= 11 is 0. The fourth-order valence-corrected chi connectivity index (χ4v) is 4.20. The van der Waals surface area contributed by atoms with Gasteiger partial charge < -0.3 is 13.9 Å². The number of aryl methyl sites for hydroxylation is 1. The third-order valence-corrected chi connectivity index (χ3v) is 5.49. The van der Waals surface area contributed by atoms with Crippen molar-refractivity contribution in [1.29, 1.82) is 0 Å². The summed E-state index contributed by atoms with van der Waals surface area (Å²) < 4.78 is 7.87. The number of hydrogen-bond donors (Lipinski definition) is 0. The number of ketones is 1. The fourth-order valence-electron chi connectivity index (χ4n) is 4.20. The Bertz CT molecular complexity index is 1170. The van der Waals surface area contributed by atoms with Crippen molar-refractivity contribution in [2.24, 2.45) is 0 Å². The van der Waals surface area contributed by atoms with Crippen LogP contribution < -0.4 is 0 Å². The van der Waals surface area contributed by atoms with Crippen LogP contribution in [0.5, 0.6) is 0 Å². The van der Waals surface area contributed by atoms with Gasteiger partial charge in [0, 0.05) is 52.4 Å². The van der Waals surface area contributed by atoms with E-state index in [1.807, 2.05) is 6.07 Å². The third-order valence-electron chi connectivity index (χ3n) is 5.49. The summed E-state index contributed by atoms with van der Waals surface area (Å²) in [5, 5.41) is 2.38. The molecule has 5 heteroatoms. The molecule has 0 atom stereocenters. The molecule has 1 aliphatic rings. The van der Waals surface area contributed by atoms with Crippen LogP contribution in [0.1, 0.15) is 22.3 Å². The first-order valence-electron chi connectivity index (χ1n) is 9.29. The first-order valence-corrected chi connectivity index (χ1v) is 9.29. The van der Waals surface area contributed by atoms with Crippen LogP contribution in [0.15, 0.2) is 47.2 Å². The zero-order valence-electron chi connectivity index (χ0n) is 15.5. The largest absolute Gasteiger partial charge is 0.445 e. The highest BCUT2D eigenvalue weighted by atomic mass is 16.3. The number of oxazole rings is 1. The van der Waals surface area contributed by atoms with Gasteiger partial charge in [-0.1, -0.05) is 0 Å². The van der Waals surface area contributed by atoms with Crippen LogP contribution in [0.3, 0.4) is 0 Å². The van der Waals surface area contributed by atoms with Gasteiger partial charge in [-0.15, -0.1) is 0 Å². The van der Waals surface area contributed by atoms with Crippen molar-refractivity contribution < 1.29 is 9.21 Å². The van der Waals surface area contributed by atoms with Crippen molar-refractivity contribution in [1.82, 2.24) is 14.5 Å². The van der Waals surface area contributed by atoms with Gasteiger partial charge in [-0.05, 0) is 56.4 Å². The molecule has 0 saturated carbocycles. The van der Waals surface area contributed by atoms with Crippen LogP contribution in [0.4, 0.5) is 0 Å². The van der Waals surface area contributed by atoms with E-state index in [0.29, 0.717) is 12.3 Å². The molecule has 1 aliphatic carbocycles. The SMILES string of the molecule is CN(C)CCn1c2ccc(-c3ncco3)cc2c2c3c(ccc21)C(=O)CC3. The molecule has 4 aromatic rings. The maximum Gasteiger partial charge on any atom is 0.225 e. The molecule has 0 spiro atoms. The van der Waals surface area contributed by atoms with E-state index >= 15 is 0 Å². The van der Waals surface area contributed by atoms with Gasteiger partial charge in [0.2, 0.25) is 5.89 Å². The van der Waals surface area contributed by atoms with Gasteiger partial charge in [-0.25, -0.2) is 4.98 Å². The van der Waals surface area contributed by atoms with Crippen molar-refractivity contribution in [2.75, 3.05) is 20.6 Å². The van der Waals surface area contributed by atoms with Gasteiger partial charge in [0.25, 0.3) is 0 Å². The molecule has 0 bridgehead atoms. The van der Waals surface area contributed by atoms with Gasteiger partial charge in [0.1, 0.15) is 6.26 Å². The Morgan fingerprint density at radius 1 is 1.15 bits per heavy atom. The minimum Gasteiger partial charge on any atom is -0.445 e. The fraction of sp³-hybridized carbons (Fsp3) is 0.273. The molecular weight excluding hydrogens is 338 g/mol. The quantitative estimate of drug-likeness (QED) is 0.549. The summed E-state index contributed by atoms with van der Waals surface area (Å²) in [5.41, 5.74) is 5.42. The number of likely N-dealkylation sites (N-methyl/N-ethyl adjacent to an activating group) is 1. The number of aromatic nitrogens is 2. The Hall–Kier alpha value is -2.92. The minimum atomic E-state index is 0.255. The normalized spacial score (nSPS) is 14.0. The number of benzene rings is 2. The first kappa shape index (κ1) is 16.3. The van der Waals surface area contributed by atoms with Crippen molar-refractivity contribution in [2.45, 2.75) is 19.4 Å². The van der Waals surface area contributed by atoms with Gasteiger partial charge in [0.05, 0.1) is 6.20 Å². The molecule has 27 heavy (non-hydrogen) atoms. The van der Waals surface area contributed by atoms with Crippen LogP contribution in [0.2, 0.25) is 0 Å². The predicted molar refractivity (Wildman–Crippen MR) is 106 cm³/mol. The van der Waals surface area contributed by atoms with E-state index in [0.717, 1.165) is 30.6 Å². The molecule has 136 valence electrons. The molecule has 5 rings (SSSR count). The molecule has 2 aromatic heterocycles. The lowest BCUT2D eigenvalue weighted by molar-refractivity contribution is 0.0994. The highest BCUT2D eigenvalue weighted by molar-refractivity contribution is 6.15. The number of Topliss-reactive ketones (excluding diaryl/α,β-unsaturated/α-hetero) is 1. The number of fused-ring (bicyclic) bond motifs is 5. The molecule has 5 nitrogen and oxygen atoms in total. The van der Waals surface area contributed by atoms with E-state index < -0.39 is 0 Å². The minimum absolute atomic E-state index is 0.255. The van der Waals surface area contributed by atoms with E-state index in [9.17, 15) is 4.79 Å². The molecule has 0 aliphatic heterocycles. The summed E-state index contributed by atoms with van der Waals surface area (Å²) in [6.07, 6.45) is 4.69. The summed E-state index contributed by atoms with van der Waals surface area (Å²) in [6.45, 7) is 1.86. The number of carbonyl (C=O) groups excluding carboxylic acids is 1. The Labute approximate surface area is 157 Å². The van der Waals surface area contributed by atoms with Crippen molar-refractivity contribution in [3.63, 3.8) is 0 Å². The Morgan fingerprint density at radius 3 is 2.78 bits per heavy atom. The van der Waals surface area contributed by atoms with Crippen LogP contribution >= 0.6 is 0 Å². The Balaban J connectivity index is 1.82. The molecule has 2 aromatic carbocycles. The summed E-state index contributed by atoms with van der Waals surface area (Å²) in [6, 6.07) is 10.5. The molecule has 0 radical (unpaired) electrons. The third kappa shape index (κ3) is 2.50. The van der Waals surface area contributed by atoms with Gasteiger partial charge in [0.15, 0.2) is 5.78 Å². The van der Waals surface area contributed by atoms with Crippen molar-refractivity contribution in [3.05, 3.63) is 53.9 Å².